The summed E-state index contributed by atoms with van der Waals surface area (Å²) in [5.41, 5.74) is 4.20. The van der Waals surface area contributed by atoms with E-state index in [2.05, 4.69) is 32.9 Å². The number of esters is 1. The fraction of sp³-hybridized carbons (Fsp3) is 0.542. The van der Waals surface area contributed by atoms with Gasteiger partial charge in [-0.05, 0) is 71.1 Å². The number of methoxy groups -OCH3 is 1. The van der Waals surface area contributed by atoms with Gasteiger partial charge in [-0.25, -0.2) is 0 Å². The first kappa shape index (κ1) is 20.5. The number of hydrogen-bond donors (Lipinski definition) is 0. The van der Waals surface area contributed by atoms with Gasteiger partial charge < -0.3 is 14.2 Å². The van der Waals surface area contributed by atoms with Crippen molar-refractivity contribution in [1.82, 2.24) is 0 Å². The van der Waals surface area contributed by atoms with Crippen molar-refractivity contribution in [3.63, 3.8) is 0 Å². The van der Waals surface area contributed by atoms with E-state index in [0.717, 1.165) is 48.3 Å². The van der Waals surface area contributed by atoms with Crippen LogP contribution in [0.1, 0.15) is 76.5 Å². The summed E-state index contributed by atoms with van der Waals surface area (Å²) in [6, 6.07) is 3.99. The van der Waals surface area contributed by atoms with Gasteiger partial charge in [0.15, 0.2) is 0 Å². The van der Waals surface area contributed by atoms with E-state index in [1.54, 1.807) is 7.11 Å². The first-order valence-corrected chi connectivity index (χ1v) is 10.2. The first-order valence-electron chi connectivity index (χ1n) is 10.2. The molecular formula is C24H32O4. The summed E-state index contributed by atoms with van der Waals surface area (Å²) in [5, 5.41) is 0. The third kappa shape index (κ3) is 4.60. The molecule has 0 amide bonds. The highest BCUT2D eigenvalue weighted by molar-refractivity contribution is 5.73. The van der Waals surface area contributed by atoms with Gasteiger partial charge in [0, 0.05) is 6.42 Å². The zero-order valence-electron chi connectivity index (χ0n) is 17.8. The zero-order valence-corrected chi connectivity index (χ0v) is 17.8. The summed E-state index contributed by atoms with van der Waals surface area (Å²) in [4.78, 5) is 12.3. The lowest BCUT2D eigenvalue weighted by Gasteiger charge is -2.45. The molecule has 1 saturated heterocycles. The van der Waals surface area contributed by atoms with Gasteiger partial charge in [0.2, 0.25) is 0 Å². The molecule has 1 fully saturated rings. The molecule has 1 aromatic rings. The van der Waals surface area contributed by atoms with Crippen LogP contribution in [0.2, 0.25) is 0 Å². The van der Waals surface area contributed by atoms with E-state index >= 15 is 0 Å². The van der Waals surface area contributed by atoms with Gasteiger partial charge in [-0.2, -0.15) is 0 Å². The lowest BCUT2D eigenvalue weighted by Crippen LogP contribution is -2.48. The molecular weight excluding hydrogens is 352 g/mol. The Morgan fingerprint density at radius 1 is 1.25 bits per heavy atom. The number of carbonyl (C=O) groups is 1. The van der Waals surface area contributed by atoms with Crippen molar-refractivity contribution in [1.29, 1.82) is 0 Å². The Bertz CT molecular complexity index is 801. The van der Waals surface area contributed by atoms with Crippen LogP contribution in [-0.4, -0.2) is 18.7 Å². The second-order valence-electron chi connectivity index (χ2n) is 8.43. The molecule has 2 bridgehead atoms. The molecule has 0 aromatic heterocycles. The Hall–Kier alpha value is -2.23. The molecule has 0 saturated carbocycles. The second-order valence-corrected chi connectivity index (χ2v) is 8.43. The Labute approximate surface area is 168 Å². The van der Waals surface area contributed by atoms with E-state index in [1.807, 2.05) is 19.1 Å². The maximum Gasteiger partial charge on any atom is 0.310 e. The van der Waals surface area contributed by atoms with Crippen LogP contribution in [0.4, 0.5) is 0 Å². The number of hydrogen-bond acceptors (Lipinski definition) is 4. The smallest absolute Gasteiger partial charge is 0.310 e. The molecule has 0 radical (unpaired) electrons. The van der Waals surface area contributed by atoms with Crippen LogP contribution in [0.3, 0.4) is 0 Å². The molecule has 0 spiro atoms. The molecule has 0 aliphatic carbocycles. The molecule has 2 aliphatic heterocycles. The van der Waals surface area contributed by atoms with E-state index in [1.165, 1.54) is 11.1 Å². The van der Waals surface area contributed by atoms with E-state index in [0.29, 0.717) is 12.8 Å². The quantitative estimate of drug-likeness (QED) is 0.428. The summed E-state index contributed by atoms with van der Waals surface area (Å²) < 4.78 is 17.7. The fourth-order valence-electron chi connectivity index (χ4n) is 4.20. The third-order valence-corrected chi connectivity index (χ3v) is 5.60. The van der Waals surface area contributed by atoms with Crippen molar-refractivity contribution in [2.75, 3.05) is 7.11 Å². The van der Waals surface area contributed by atoms with Gasteiger partial charge in [0.1, 0.15) is 23.2 Å². The minimum atomic E-state index is -0.484. The number of rotatable bonds is 7. The van der Waals surface area contributed by atoms with Crippen molar-refractivity contribution < 1.29 is 19.0 Å². The molecule has 3 rings (SSSR count). The van der Waals surface area contributed by atoms with Gasteiger partial charge in [-0.15, -0.1) is 0 Å². The molecule has 0 unspecified atom stereocenters. The third-order valence-electron chi connectivity index (χ3n) is 5.60. The van der Waals surface area contributed by atoms with Crippen molar-refractivity contribution in [3.8, 4) is 11.5 Å². The topological polar surface area (TPSA) is 44.8 Å². The first-order chi connectivity index (χ1) is 13.3. The van der Waals surface area contributed by atoms with Gasteiger partial charge in [-0.3, -0.25) is 4.79 Å². The molecule has 0 N–H and O–H groups in total. The largest absolute Gasteiger partial charge is 0.496 e. The van der Waals surface area contributed by atoms with E-state index in [-0.39, 0.29) is 12.1 Å². The van der Waals surface area contributed by atoms with Crippen molar-refractivity contribution in [2.24, 2.45) is 0 Å². The van der Waals surface area contributed by atoms with Gasteiger partial charge in [0.25, 0.3) is 0 Å². The van der Waals surface area contributed by atoms with Crippen molar-refractivity contribution in [2.45, 2.75) is 77.9 Å². The SMILES string of the molecule is COc1cc(C)cc2c1[C@@H]1C[C@@](CC/C=C(\C)CCC=C(C)C)(CC(=O)O1)O2. The fourth-order valence-corrected chi connectivity index (χ4v) is 4.20. The predicted octanol–water partition coefficient (Wildman–Crippen LogP) is 5.99. The van der Waals surface area contributed by atoms with Crippen LogP contribution < -0.4 is 9.47 Å². The van der Waals surface area contributed by atoms with Crippen LogP contribution >= 0.6 is 0 Å². The molecule has 2 atom stereocenters. The van der Waals surface area contributed by atoms with Crippen molar-refractivity contribution >= 4 is 5.97 Å². The average Bonchev–Trinajstić information content (AvgIpc) is 2.59. The van der Waals surface area contributed by atoms with Crippen molar-refractivity contribution in [3.05, 3.63) is 46.6 Å². The maximum absolute atomic E-state index is 12.3. The van der Waals surface area contributed by atoms with E-state index in [9.17, 15) is 4.79 Å². The summed E-state index contributed by atoms with van der Waals surface area (Å²) >= 11 is 0. The Morgan fingerprint density at radius 2 is 2.04 bits per heavy atom. The zero-order chi connectivity index (χ0) is 20.3. The number of allylic oxidation sites excluding steroid dienone is 4. The molecule has 152 valence electrons. The minimum Gasteiger partial charge on any atom is -0.496 e. The Morgan fingerprint density at radius 3 is 2.75 bits per heavy atom. The van der Waals surface area contributed by atoms with E-state index < -0.39 is 5.60 Å². The normalized spacial score (nSPS) is 23.4. The lowest BCUT2D eigenvalue weighted by molar-refractivity contribution is -0.173. The van der Waals surface area contributed by atoms with Gasteiger partial charge in [0.05, 0.1) is 19.1 Å². The highest BCUT2D eigenvalue weighted by Crippen LogP contribution is 2.51. The maximum atomic E-state index is 12.3. The molecule has 1 aromatic carbocycles. The minimum absolute atomic E-state index is 0.186. The molecule has 4 nitrogen and oxygen atoms in total. The van der Waals surface area contributed by atoms with E-state index in [4.69, 9.17) is 14.2 Å². The Kier molecular flexibility index (Phi) is 6.17. The number of aryl methyl sites for hydroxylation is 1. The highest BCUT2D eigenvalue weighted by atomic mass is 16.6. The average molecular weight is 385 g/mol. The Balaban J connectivity index is 1.75. The summed E-state index contributed by atoms with van der Waals surface area (Å²) in [6.07, 6.45) is 9.14. The lowest BCUT2D eigenvalue weighted by atomic mass is 9.80. The number of ether oxygens (including phenoxy) is 3. The number of carbonyl (C=O) groups excluding carboxylic acids is 1. The second kappa shape index (κ2) is 8.42. The molecule has 28 heavy (non-hydrogen) atoms. The van der Waals surface area contributed by atoms with Gasteiger partial charge >= 0.3 is 5.97 Å². The van der Waals surface area contributed by atoms with Gasteiger partial charge in [-0.1, -0.05) is 23.3 Å². The monoisotopic (exact) mass is 384 g/mol. The predicted molar refractivity (Wildman–Crippen MR) is 111 cm³/mol. The molecule has 4 heteroatoms. The summed E-state index contributed by atoms with van der Waals surface area (Å²) in [5.74, 6) is 1.34. The standard InChI is InChI=1S/C24H32O4/c1-16(2)8-6-9-17(3)10-7-11-24-14-21(27-22(25)15-24)23-19(26-5)12-18(4)13-20(23)28-24/h8,10,12-13,21H,6-7,9,11,14-15H2,1-5H3/b17-10+/t21-,24-/m0/s1. The molecule has 2 heterocycles. The van der Waals surface area contributed by atoms with Crippen LogP contribution in [0.5, 0.6) is 11.5 Å². The van der Waals surface area contributed by atoms with Crippen LogP contribution in [0.25, 0.3) is 0 Å². The van der Waals surface area contributed by atoms with Crippen LogP contribution in [0.15, 0.2) is 35.4 Å². The number of benzene rings is 1. The highest BCUT2D eigenvalue weighted by Gasteiger charge is 2.49. The summed E-state index contributed by atoms with van der Waals surface area (Å²) in [6.45, 7) is 8.46. The number of fused-ring (bicyclic) bond motifs is 4. The van der Waals surface area contributed by atoms with Crippen LogP contribution in [-0.2, 0) is 9.53 Å². The van der Waals surface area contributed by atoms with Crippen LogP contribution in [0, 0.1) is 6.92 Å². The molecule has 2 aliphatic rings. The summed E-state index contributed by atoms with van der Waals surface area (Å²) in [7, 11) is 1.64.